The highest BCUT2D eigenvalue weighted by molar-refractivity contribution is 9.10. The van der Waals surface area contributed by atoms with E-state index in [1.54, 1.807) is 31.3 Å². The van der Waals surface area contributed by atoms with E-state index in [-0.39, 0.29) is 5.91 Å². The number of carbonyl (C=O) groups excluding carboxylic acids is 1. The molecule has 2 N–H and O–H groups in total. The van der Waals surface area contributed by atoms with Gasteiger partial charge in [0, 0.05) is 18.6 Å². The summed E-state index contributed by atoms with van der Waals surface area (Å²) in [5.74, 6) is -0.793. The molecule has 10 heteroatoms. The Morgan fingerprint density at radius 3 is 2.38 bits per heavy atom. The van der Waals surface area contributed by atoms with Gasteiger partial charge in [0.15, 0.2) is 10.7 Å². The van der Waals surface area contributed by atoms with Crippen LogP contribution >= 0.6 is 28.1 Å². The molecular weight excluding hydrogens is 480 g/mol. The summed E-state index contributed by atoms with van der Waals surface area (Å²) < 4.78 is 37.6. The van der Waals surface area contributed by atoms with Crippen LogP contribution in [0.3, 0.4) is 0 Å². The third kappa shape index (κ3) is 4.22. The number of halogens is 1. The number of hydrogen-bond acceptors (Lipinski definition) is 5. The summed E-state index contributed by atoms with van der Waals surface area (Å²) in [5.41, 5.74) is 0.690. The largest absolute Gasteiger partial charge is 0.376 e. The van der Waals surface area contributed by atoms with E-state index in [1.807, 2.05) is 24.3 Å². The molecule has 7 nitrogen and oxygen atoms in total. The molecule has 2 atom stereocenters. The molecule has 3 rings (SSSR count). The number of carbonyl (C=O) groups is 1. The van der Waals surface area contributed by atoms with E-state index >= 15 is 0 Å². The van der Waals surface area contributed by atoms with Crippen molar-refractivity contribution in [2.24, 2.45) is 0 Å². The third-order valence-corrected chi connectivity index (χ3v) is 6.44. The topological polar surface area (TPSA) is 95.9 Å². The van der Waals surface area contributed by atoms with Crippen LogP contribution in [0.25, 0.3) is 0 Å². The van der Waals surface area contributed by atoms with Gasteiger partial charge in [-0.1, -0.05) is 52.3 Å². The van der Waals surface area contributed by atoms with E-state index in [4.69, 9.17) is 21.5 Å². The van der Waals surface area contributed by atoms with E-state index < -0.39 is 27.5 Å². The van der Waals surface area contributed by atoms with Crippen LogP contribution in [-0.2, 0) is 25.2 Å². The lowest BCUT2D eigenvalue weighted by atomic mass is 9.82. The summed E-state index contributed by atoms with van der Waals surface area (Å²) in [6.07, 6.45) is -0.836. The zero-order valence-corrected chi connectivity index (χ0v) is 18.8. The Morgan fingerprint density at radius 2 is 1.90 bits per heavy atom. The molecular formula is C19H19BrN2O5S2. The molecule has 1 aliphatic heterocycles. The van der Waals surface area contributed by atoms with Crippen LogP contribution in [0.1, 0.15) is 22.8 Å². The summed E-state index contributed by atoms with van der Waals surface area (Å²) in [5, 5.41) is 3.45. The highest BCUT2D eigenvalue weighted by Gasteiger charge is 2.50. The second kappa shape index (κ2) is 8.11. The first-order valence-electron chi connectivity index (χ1n) is 8.53. The van der Waals surface area contributed by atoms with E-state index in [0.717, 1.165) is 4.47 Å². The van der Waals surface area contributed by atoms with Crippen LogP contribution < -0.4 is 5.32 Å². The first-order chi connectivity index (χ1) is 13.6. The molecule has 2 aromatic carbocycles. The smallest absolute Gasteiger partial charge is 0.267 e. The molecule has 1 saturated heterocycles. The number of ether oxygens (including phenoxy) is 1. The van der Waals surface area contributed by atoms with Crippen molar-refractivity contribution in [3.63, 3.8) is 0 Å². The van der Waals surface area contributed by atoms with Crippen molar-refractivity contribution in [2.45, 2.75) is 11.6 Å². The number of benzene rings is 2. The van der Waals surface area contributed by atoms with Crippen molar-refractivity contribution >= 4 is 49.3 Å². The second-order valence-corrected chi connectivity index (χ2v) is 9.45. The quantitative estimate of drug-likeness (QED) is 0.466. The fourth-order valence-electron chi connectivity index (χ4n) is 3.36. The van der Waals surface area contributed by atoms with Crippen molar-refractivity contribution in [1.82, 2.24) is 10.2 Å². The number of nitrogens with one attached hydrogen (secondary N) is 1. The Labute approximate surface area is 182 Å². The molecule has 1 heterocycles. The molecule has 0 bridgehead atoms. The molecule has 0 spiro atoms. The van der Waals surface area contributed by atoms with Crippen LogP contribution in [0.5, 0.6) is 0 Å². The van der Waals surface area contributed by atoms with Crippen LogP contribution in [0, 0.1) is 0 Å². The fraction of sp³-hybridized carbons (Fsp3) is 0.263. The summed E-state index contributed by atoms with van der Waals surface area (Å²) in [6.45, 7) is 0. The SMILES string of the molecule is COC(CS(=O)(=O)O)c1ccc(C2(c3cccc(Br)c3)NC(=S)N(C)C2=O)cc1. The summed E-state index contributed by atoms with van der Waals surface area (Å²) >= 11 is 8.76. The molecule has 1 fully saturated rings. The van der Waals surface area contributed by atoms with Crippen LogP contribution in [0.4, 0.5) is 0 Å². The Bertz CT molecular complexity index is 1060. The lowest BCUT2D eigenvalue weighted by Crippen LogP contribution is -2.45. The van der Waals surface area contributed by atoms with E-state index in [1.165, 1.54) is 12.0 Å². The van der Waals surface area contributed by atoms with Crippen molar-refractivity contribution in [1.29, 1.82) is 0 Å². The maximum atomic E-state index is 13.2. The number of rotatable bonds is 6. The molecule has 0 radical (unpaired) electrons. The number of hydrogen-bond donors (Lipinski definition) is 2. The van der Waals surface area contributed by atoms with E-state index in [0.29, 0.717) is 21.8 Å². The van der Waals surface area contributed by atoms with Gasteiger partial charge >= 0.3 is 0 Å². The second-order valence-electron chi connectivity index (χ2n) is 6.65. The van der Waals surface area contributed by atoms with Crippen LogP contribution in [0.15, 0.2) is 53.0 Å². The van der Waals surface area contributed by atoms with Crippen molar-refractivity contribution in [2.75, 3.05) is 19.9 Å². The minimum absolute atomic E-state index is 0.227. The first-order valence-corrected chi connectivity index (χ1v) is 11.3. The molecule has 29 heavy (non-hydrogen) atoms. The summed E-state index contributed by atoms with van der Waals surface area (Å²) in [4.78, 5) is 14.6. The van der Waals surface area contributed by atoms with Gasteiger partial charge in [0.2, 0.25) is 0 Å². The zero-order valence-electron chi connectivity index (χ0n) is 15.6. The first kappa shape index (κ1) is 21.8. The van der Waals surface area contributed by atoms with Gasteiger partial charge < -0.3 is 10.1 Å². The summed E-state index contributed by atoms with van der Waals surface area (Å²) in [7, 11) is -1.24. The predicted molar refractivity (Wildman–Crippen MR) is 116 cm³/mol. The lowest BCUT2D eigenvalue weighted by Gasteiger charge is -2.29. The molecule has 2 unspecified atom stereocenters. The van der Waals surface area contributed by atoms with Gasteiger partial charge in [-0.3, -0.25) is 14.2 Å². The monoisotopic (exact) mass is 498 g/mol. The molecule has 0 aliphatic carbocycles. The highest BCUT2D eigenvalue weighted by atomic mass is 79.9. The molecule has 0 aromatic heterocycles. The van der Waals surface area contributed by atoms with Gasteiger partial charge in [-0.2, -0.15) is 8.42 Å². The van der Waals surface area contributed by atoms with Crippen molar-refractivity contribution in [3.8, 4) is 0 Å². The third-order valence-electron chi connectivity index (χ3n) is 4.84. The average Bonchev–Trinajstić information content (AvgIpc) is 2.90. The average molecular weight is 499 g/mol. The Balaban J connectivity index is 2.09. The van der Waals surface area contributed by atoms with E-state index in [9.17, 15) is 13.2 Å². The molecule has 2 aromatic rings. The van der Waals surface area contributed by atoms with Crippen LogP contribution in [0.2, 0.25) is 0 Å². The van der Waals surface area contributed by atoms with Gasteiger partial charge in [0.1, 0.15) is 5.75 Å². The molecule has 1 aliphatic rings. The number of likely N-dealkylation sites (N-methyl/N-ethyl adjacent to an activating group) is 1. The standard InChI is InChI=1S/C19H19BrN2O5S2/c1-22-17(23)19(21-18(22)28,14-4-3-5-15(20)10-14)13-8-6-12(7-9-13)16(27-2)11-29(24,25)26/h3-10,16H,11H2,1-2H3,(H,21,28)(H,24,25,26). The molecule has 1 amide bonds. The lowest BCUT2D eigenvalue weighted by molar-refractivity contribution is -0.129. The minimum Gasteiger partial charge on any atom is -0.376 e. The Morgan fingerprint density at radius 1 is 1.24 bits per heavy atom. The van der Waals surface area contributed by atoms with Gasteiger partial charge in [-0.25, -0.2) is 0 Å². The predicted octanol–water partition coefficient (Wildman–Crippen LogP) is 2.61. The molecule has 154 valence electrons. The number of nitrogens with zero attached hydrogens (tertiary/aromatic N) is 1. The van der Waals surface area contributed by atoms with Crippen LogP contribution in [-0.4, -0.2) is 48.8 Å². The van der Waals surface area contributed by atoms with Gasteiger partial charge in [-0.15, -0.1) is 0 Å². The fourth-order valence-corrected chi connectivity index (χ4v) is 4.71. The van der Waals surface area contributed by atoms with Gasteiger partial charge in [0.25, 0.3) is 16.0 Å². The highest BCUT2D eigenvalue weighted by Crippen LogP contribution is 2.37. The zero-order chi connectivity index (χ0) is 21.4. The minimum atomic E-state index is -4.21. The van der Waals surface area contributed by atoms with E-state index in [2.05, 4.69) is 21.2 Å². The van der Waals surface area contributed by atoms with Gasteiger partial charge in [0.05, 0.1) is 6.10 Å². The molecule has 0 saturated carbocycles. The number of amides is 1. The number of methoxy groups -OCH3 is 1. The Kier molecular flexibility index (Phi) is 6.11. The van der Waals surface area contributed by atoms with Gasteiger partial charge in [-0.05, 0) is 41.0 Å². The van der Waals surface area contributed by atoms with Crippen molar-refractivity contribution < 1.29 is 22.5 Å². The normalized spacial score (nSPS) is 20.6. The maximum absolute atomic E-state index is 13.2. The maximum Gasteiger partial charge on any atom is 0.267 e. The summed E-state index contributed by atoms with van der Waals surface area (Å²) in [6, 6.07) is 14.2. The van der Waals surface area contributed by atoms with Crippen molar-refractivity contribution in [3.05, 3.63) is 69.7 Å². The Hall–Kier alpha value is -1.85. The number of thiocarbonyl (C=S) groups is 1.